The Bertz CT molecular complexity index is 946. The highest BCUT2D eigenvalue weighted by Crippen LogP contribution is 2.26. The van der Waals surface area contributed by atoms with E-state index in [2.05, 4.69) is 30.9 Å². The average Bonchev–Trinajstić information content (AvgIpc) is 2.70. The van der Waals surface area contributed by atoms with Crippen molar-refractivity contribution < 1.29 is 4.79 Å². The van der Waals surface area contributed by atoms with Crippen LogP contribution in [-0.2, 0) is 0 Å². The molecule has 0 unspecified atom stereocenters. The molecule has 0 fully saturated rings. The predicted molar refractivity (Wildman–Crippen MR) is 108 cm³/mol. The summed E-state index contributed by atoms with van der Waals surface area (Å²) in [6.45, 7) is 4.04. The van der Waals surface area contributed by atoms with Gasteiger partial charge in [-0.3, -0.25) is 9.78 Å². The Morgan fingerprint density at radius 2 is 1.67 bits per heavy atom. The molecule has 3 aromatic rings. The van der Waals surface area contributed by atoms with Gasteiger partial charge in [0.2, 0.25) is 0 Å². The predicted octanol–water partition coefficient (Wildman–Crippen LogP) is 3.49. The molecule has 2 aromatic heterocycles. The van der Waals surface area contributed by atoms with Gasteiger partial charge >= 0.3 is 0 Å². The highest BCUT2D eigenvalue weighted by molar-refractivity contribution is 6.11. The quantitative estimate of drug-likeness (QED) is 0.643. The van der Waals surface area contributed by atoms with Gasteiger partial charge in [-0.2, -0.15) is 0 Å². The van der Waals surface area contributed by atoms with Crippen LogP contribution < -0.4 is 16.0 Å². The molecule has 0 aliphatic carbocycles. The second-order valence-electron chi connectivity index (χ2n) is 6.11. The molecule has 3 N–H and O–H groups in total. The number of nitrogens with zero attached hydrogens (tertiary/aromatic N) is 3. The number of benzene rings is 1. The molecule has 2 heterocycles. The van der Waals surface area contributed by atoms with Crippen LogP contribution in [0, 0.1) is 13.8 Å². The van der Waals surface area contributed by atoms with Gasteiger partial charge in [0.25, 0.3) is 5.91 Å². The molecule has 0 saturated heterocycles. The summed E-state index contributed by atoms with van der Waals surface area (Å²) in [5, 5.41) is 8.91. The number of rotatable bonds is 5. The number of hydrogen-bond acceptors (Lipinski definition) is 6. The number of aromatic nitrogens is 3. The van der Waals surface area contributed by atoms with E-state index in [1.165, 1.54) is 5.56 Å². The standard InChI is InChI=1S/C20H22N6O/c1-12-7-8-15(10-13(12)2)24-20(27)16-18(21-3)25-17(26-19(16)22-4)14-6-5-9-23-11-14/h5-11H,1-4H3,(H,24,27)(H2,21,22,25,26). The molecular weight excluding hydrogens is 340 g/mol. The number of pyridine rings is 1. The van der Waals surface area contributed by atoms with Crippen molar-refractivity contribution in [1.29, 1.82) is 0 Å². The zero-order chi connectivity index (χ0) is 19.4. The van der Waals surface area contributed by atoms with Crippen LogP contribution in [0.3, 0.4) is 0 Å². The Hall–Kier alpha value is -3.48. The van der Waals surface area contributed by atoms with Crippen molar-refractivity contribution in [2.45, 2.75) is 13.8 Å². The lowest BCUT2D eigenvalue weighted by Gasteiger charge is -2.15. The first-order valence-electron chi connectivity index (χ1n) is 8.60. The van der Waals surface area contributed by atoms with Crippen LogP contribution in [0.2, 0.25) is 0 Å². The Kier molecular flexibility index (Phi) is 5.30. The first kappa shape index (κ1) is 18.3. The number of hydrogen-bond donors (Lipinski definition) is 3. The topological polar surface area (TPSA) is 91.8 Å². The van der Waals surface area contributed by atoms with Gasteiger partial charge in [-0.05, 0) is 49.2 Å². The average molecular weight is 362 g/mol. The lowest BCUT2D eigenvalue weighted by Crippen LogP contribution is -2.18. The Balaban J connectivity index is 2.00. The van der Waals surface area contributed by atoms with Crippen molar-refractivity contribution in [3.8, 4) is 11.4 Å². The van der Waals surface area contributed by atoms with Crippen molar-refractivity contribution in [3.05, 3.63) is 59.4 Å². The van der Waals surface area contributed by atoms with Crippen molar-refractivity contribution in [3.63, 3.8) is 0 Å². The molecule has 0 aliphatic heterocycles. The van der Waals surface area contributed by atoms with E-state index in [-0.39, 0.29) is 5.91 Å². The van der Waals surface area contributed by atoms with Gasteiger partial charge in [-0.1, -0.05) is 6.07 Å². The minimum atomic E-state index is -0.287. The number of anilines is 3. The summed E-state index contributed by atoms with van der Waals surface area (Å²) < 4.78 is 0. The fraction of sp³-hybridized carbons (Fsp3) is 0.200. The van der Waals surface area contributed by atoms with E-state index in [1.54, 1.807) is 26.5 Å². The maximum atomic E-state index is 12.9. The van der Waals surface area contributed by atoms with Gasteiger partial charge < -0.3 is 16.0 Å². The van der Waals surface area contributed by atoms with E-state index in [4.69, 9.17) is 0 Å². The zero-order valence-corrected chi connectivity index (χ0v) is 15.8. The van der Waals surface area contributed by atoms with Crippen LogP contribution in [0.15, 0.2) is 42.7 Å². The lowest BCUT2D eigenvalue weighted by molar-refractivity contribution is 0.102. The van der Waals surface area contributed by atoms with Crippen LogP contribution in [0.4, 0.5) is 17.3 Å². The molecular formula is C20H22N6O. The third-order valence-corrected chi connectivity index (χ3v) is 4.29. The fourth-order valence-corrected chi connectivity index (χ4v) is 2.67. The summed E-state index contributed by atoms with van der Waals surface area (Å²) >= 11 is 0. The Labute approximate surface area is 158 Å². The molecule has 0 radical (unpaired) electrons. The van der Waals surface area contributed by atoms with Crippen molar-refractivity contribution in [2.24, 2.45) is 0 Å². The first-order valence-corrected chi connectivity index (χ1v) is 8.60. The number of amides is 1. The molecule has 0 spiro atoms. The number of carbonyl (C=O) groups excluding carboxylic acids is 1. The van der Waals surface area contributed by atoms with E-state index in [0.29, 0.717) is 23.0 Å². The molecule has 0 aliphatic rings. The molecule has 0 atom stereocenters. The third-order valence-electron chi connectivity index (χ3n) is 4.29. The maximum Gasteiger partial charge on any atom is 0.263 e. The number of carbonyl (C=O) groups is 1. The van der Waals surface area contributed by atoms with Crippen LogP contribution in [0.5, 0.6) is 0 Å². The molecule has 27 heavy (non-hydrogen) atoms. The summed E-state index contributed by atoms with van der Waals surface area (Å²) in [6, 6.07) is 9.48. The largest absolute Gasteiger partial charge is 0.372 e. The molecule has 7 nitrogen and oxygen atoms in total. The van der Waals surface area contributed by atoms with E-state index in [0.717, 1.165) is 16.8 Å². The van der Waals surface area contributed by atoms with Gasteiger partial charge in [0.05, 0.1) is 0 Å². The summed E-state index contributed by atoms with van der Waals surface area (Å²) in [5.41, 5.74) is 4.13. The van der Waals surface area contributed by atoms with Crippen molar-refractivity contribution in [1.82, 2.24) is 15.0 Å². The van der Waals surface area contributed by atoms with Gasteiger partial charge in [-0.15, -0.1) is 0 Å². The van der Waals surface area contributed by atoms with Gasteiger partial charge in [0, 0.05) is 37.7 Å². The lowest BCUT2D eigenvalue weighted by atomic mass is 10.1. The van der Waals surface area contributed by atoms with Crippen LogP contribution in [-0.4, -0.2) is 35.0 Å². The van der Waals surface area contributed by atoms with E-state index < -0.39 is 0 Å². The summed E-state index contributed by atoms with van der Waals surface area (Å²) in [6.07, 6.45) is 3.37. The minimum absolute atomic E-state index is 0.287. The second kappa shape index (κ2) is 7.82. The number of aryl methyl sites for hydroxylation is 2. The van der Waals surface area contributed by atoms with Crippen LogP contribution >= 0.6 is 0 Å². The minimum Gasteiger partial charge on any atom is -0.372 e. The molecule has 0 bridgehead atoms. The Morgan fingerprint density at radius 1 is 0.963 bits per heavy atom. The van der Waals surface area contributed by atoms with Crippen molar-refractivity contribution in [2.75, 3.05) is 30.0 Å². The van der Waals surface area contributed by atoms with Crippen molar-refractivity contribution >= 4 is 23.2 Å². The molecule has 138 valence electrons. The summed E-state index contributed by atoms with van der Waals surface area (Å²) in [4.78, 5) is 26.0. The van der Waals surface area contributed by atoms with E-state index >= 15 is 0 Å². The van der Waals surface area contributed by atoms with Gasteiger partial charge in [-0.25, -0.2) is 9.97 Å². The SMILES string of the molecule is CNc1nc(-c2cccnc2)nc(NC)c1C(=O)Nc1ccc(C)c(C)c1. The van der Waals surface area contributed by atoms with Gasteiger partial charge in [0.15, 0.2) is 5.82 Å². The zero-order valence-electron chi connectivity index (χ0n) is 15.8. The summed E-state index contributed by atoms with van der Waals surface area (Å²) in [7, 11) is 3.45. The molecule has 3 rings (SSSR count). The normalized spacial score (nSPS) is 10.4. The van der Waals surface area contributed by atoms with Crippen LogP contribution in [0.1, 0.15) is 21.5 Å². The highest BCUT2D eigenvalue weighted by atomic mass is 16.1. The van der Waals surface area contributed by atoms with E-state index in [9.17, 15) is 4.79 Å². The maximum absolute atomic E-state index is 12.9. The molecule has 1 amide bonds. The number of nitrogens with one attached hydrogen (secondary N) is 3. The smallest absolute Gasteiger partial charge is 0.263 e. The molecule has 1 aromatic carbocycles. The monoisotopic (exact) mass is 362 g/mol. The fourth-order valence-electron chi connectivity index (χ4n) is 2.67. The van der Waals surface area contributed by atoms with Crippen LogP contribution in [0.25, 0.3) is 11.4 Å². The summed E-state index contributed by atoms with van der Waals surface area (Å²) in [5.74, 6) is 1.08. The van der Waals surface area contributed by atoms with E-state index in [1.807, 2.05) is 44.2 Å². The highest BCUT2D eigenvalue weighted by Gasteiger charge is 2.21. The third kappa shape index (κ3) is 3.87. The second-order valence-corrected chi connectivity index (χ2v) is 6.11. The first-order chi connectivity index (χ1) is 13.0. The Morgan fingerprint density at radius 3 is 2.22 bits per heavy atom. The van der Waals surface area contributed by atoms with Gasteiger partial charge in [0.1, 0.15) is 17.2 Å². The molecule has 0 saturated carbocycles. The molecule has 7 heteroatoms.